The Balaban J connectivity index is 2.86. The molecule has 1 aromatic carbocycles. The second-order valence-electron chi connectivity index (χ2n) is 5.23. The molecular formula is C16H24N2O6S. The number of ether oxygens (including phenoxy) is 2. The zero-order valence-corrected chi connectivity index (χ0v) is 15.6. The molecule has 0 radical (unpaired) electrons. The summed E-state index contributed by atoms with van der Waals surface area (Å²) < 4.78 is 36.1. The average Bonchev–Trinajstić information content (AvgIpc) is 2.63. The van der Waals surface area contributed by atoms with Crippen molar-refractivity contribution < 1.29 is 27.5 Å². The van der Waals surface area contributed by atoms with Gasteiger partial charge in [-0.25, -0.2) is 17.9 Å². The summed E-state index contributed by atoms with van der Waals surface area (Å²) in [7, 11) is -1.24. The van der Waals surface area contributed by atoms with Gasteiger partial charge in [-0.15, -0.1) is 0 Å². The van der Waals surface area contributed by atoms with E-state index >= 15 is 0 Å². The number of carbonyl (C=O) groups is 2. The van der Waals surface area contributed by atoms with Gasteiger partial charge < -0.3 is 14.8 Å². The van der Waals surface area contributed by atoms with E-state index in [0.29, 0.717) is 0 Å². The lowest BCUT2D eigenvalue weighted by Crippen LogP contribution is -2.36. The molecule has 0 aliphatic heterocycles. The van der Waals surface area contributed by atoms with E-state index < -0.39 is 28.5 Å². The molecule has 0 aliphatic rings. The predicted molar refractivity (Wildman–Crippen MR) is 92.0 cm³/mol. The number of nitrogens with one attached hydrogen (secondary N) is 2. The van der Waals surface area contributed by atoms with Gasteiger partial charge in [-0.05, 0) is 38.1 Å². The average molecular weight is 372 g/mol. The second kappa shape index (κ2) is 9.38. The summed E-state index contributed by atoms with van der Waals surface area (Å²) in [5.74, 6) is -1.11. The minimum Gasteiger partial charge on any atom is -0.495 e. The molecule has 0 fully saturated rings. The third-order valence-electron chi connectivity index (χ3n) is 3.64. The minimum atomic E-state index is -3.81. The minimum absolute atomic E-state index is 0.00459. The van der Waals surface area contributed by atoms with Crippen LogP contribution in [0.5, 0.6) is 5.75 Å². The highest BCUT2D eigenvalue weighted by molar-refractivity contribution is 7.89. The normalized spacial score (nSPS) is 11.2. The van der Waals surface area contributed by atoms with Crippen LogP contribution in [0.4, 0.5) is 0 Å². The fraction of sp³-hybridized carbons (Fsp3) is 0.500. The lowest BCUT2D eigenvalue weighted by atomic mass is 10.2. The zero-order valence-electron chi connectivity index (χ0n) is 14.8. The van der Waals surface area contributed by atoms with Crippen LogP contribution in [-0.2, 0) is 19.6 Å². The van der Waals surface area contributed by atoms with E-state index in [0.717, 1.165) is 18.9 Å². The van der Waals surface area contributed by atoms with Crippen molar-refractivity contribution in [3.05, 3.63) is 23.8 Å². The Bertz CT molecular complexity index is 713. The summed E-state index contributed by atoms with van der Waals surface area (Å²) in [5.41, 5.74) is 0.00459. The molecule has 25 heavy (non-hydrogen) atoms. The molecule has 1 aromatic rings. The topological polar surface area (TPSA) is 111 Å². The highest BCUT2D eigenvalue weighted by Gasteiger charge is 2.21. The maximum absolute atomic E-state index is 12.1. The Morgan fingerprint density at radius 2 is 1.84 bits per heavy atom. The number of amides is 1. The van der Waals surface area contributed by atoms with Crippen LogP contribution in [0.25, 0.3) is 0 Å². The lowest BCUT2D eigenvalue weighted by molar-refractivity contribution is -0.125. The molecule has 0 aromatic heterocycles. The predicted octanol–water partition coefficient (Wildman–Crippen LogP) is 1.06. The van der Waals surface area contributed by atoms with Crippen LogP contribution in [0, 0.1) is 0 Å². The molecule has 140 valence electrons. The Morgan fingerprint density at radius 1 is 1.20 bits per heavy atom. The molecule has 0 heterocycles. The molecular weight excluding hydrogens is 348 g/mol. The first-order chi connectivity index (χ1) is 11.8. The molecule has 8 nitrogen and oxygen atoms in total. The number of methoxy groups -OCH3 is 1. The summed E-state index contributed by atoms with van der Waals surface area (Å²) in [6.07, 6.45) is 1.56. The van der Waals surface area contributed by atoms with Crippen LogP contribution in [-0.4, -0.2) is 47.1 Å². The van der Waals surface area contributed by atoms with Crippen molar-refractivity contribution in [1.82, 2.24) is 10.0 Å². The van der Waals surface area contributed by atoms with Crippen molar-refractivity contribution in [2.24, 2.45) is 0 Å². The Morgan fingerprint density at radius 3 is 2.36 bits per heavy atom. The van der Waals surface area contributed by atoms with Crippen molar-refractivity contribution in [3.8, 4) is 5.75 Å². The lowest BCUT2D eigenvalue weighted by Gasteiger charge is -2.15. The van der Waals surface area contributed by atoms with Crippen LogP contribution in [0.1, 0.15) is 37.0 Å². The van der Waals surface area contributed by atoms with Crippen LogP contribution in [0.3, 0.4) is 0 Å². The summed E-state index contributed by atoms with van der Waals surface area (Å²) in [4.78, 5) is 23.7. The summed E-state index contributed by atoms with van der Waals surface area (Å²) in [6.45, 7) is 3.46. The van der Waals surface area contributed by atoms with E-state index in [1.54, 1.807) is 0 Å². The van der Waals surface area contributed by atoms with E-state index in [9.17, 15) is 18.0 Å². The fourth-order valence-corrected chi connectivity index (χ4v) is 3.02. The number of rotatable bonds is 9. The van der Waals surface area contributed by atoms with Crippen molar-refractivity contribution in [2.45, 2.75) is 37.6 Å². The molecule has 0 bridgehead atoms. The highest BCUT2D eigenvalue weighted by Crippen LogP contribution is 2.24. The number of esters is 1. The van der Waals surface area contributed by atoms with Gasteiger partial charge in [0.25, 0.3) is 5.91 Å². The van der Waals surface area contributed by atoms with Gasteiger partial charge in [0, 0.05) is 6.04 Å². The second-order valence-corrected chi connectivity index (χ2v) is 7.09. The molecule has 1 rings (SSSR count). The zero-order chi connectivity index (χ0) is 19.0. The number of hydrogen-bond acceptors (Lipinski definition) is 6. The molecule has 0 saturated heterocycles. The Labute approximate surface area is 147 Å². The van der Waals surface area contributed by atoms with Crippen LogP contribution in [0.2, 0.25) is 0 Å². The van der Waals surface area contributed by atoms with Crippen molar-refractivity contribution >= 4 is 21.9 Å². The van der Waals surface area contributed by atoms with Gasteiger partial charge >= 0.3 is 5.97 Å². The first kappa shape index (κ1) is 20.9. The fourth-order valence-electron chi connectivity index (χ4n) is 2.10. The first-order valence-corrected chi connectivity index (χ1v) is 9.35. The molecule has 2 N–H and O–H groups in total. The third kappa shape index (κ3) is 5.71. The van der Waals surface area contributed by atoms with Crippen LogP contribution in [0.15, 0.2) is 23.1 Å². The third-order valence-corrected chi connectivity index (χ3v) is 5.08. The highest BCUT2D eigenvalue weighted by atomic mass is 32.2. The van der Waals surface area contributed by atoms with Gasteiger partial charge in [0.2, 0.25) is 10.0 Å². The van der Waals surface area contributed by atoms with Gasteiger partial charge in [0.15, 0.2) is 6.61 Å². The van der Waals surface area contributed by atoms with E-state index in [2.05, 4.69) is 10.0 Å². The standard InChI is InChI=1S/C16H24N2O6S/c1-5-12(6-2)18-15(19)10-24-16(20)11-7-8-13(23-4)14(9-11)25(21,22)17-3/h7-9,12,17H,5-6,10H2,1-4H3,(H,18,19). The number of benzene rings is 1. The van der Waals surface area contributed by atoms with Crippen molar-refractivity contribution in [3.63, 3.8) is 0 Å². The van der Waals surface area contributed by atoms with E-state index in [1.165, 1.54) is 26.3 Å². The van der Waals surface area contributed by atoms with Crippen LogP contribution >= 0.6 is 0 Å². The van der Waals surface area contributed by atoms with E-state index in [1.807, 2.05) is 13.8 Å². The number of sulfonamides is 1. The summed E-state index contributed by atoms with van der Waals surface area (Å²) in [6, 6.07) is 3.89. The largest absolute Gasteiger partial charge is 0.495 e. The van der Waals surface area contributed by atoms with Crippen molar-refractivity contribution in [1.29, 1.82) is 0 Å². The van der Waals surface area contributed by atoms with Gasteiger partial charge in [-0.3, -0.25) is 4.79 Å². The van der Waals surface area contributed by atoms with Crippen LogP contribution < -0.4 is 14.8 Å². The molecule has 0 spiro atoms. The van der Waals surface area contributed by atoms with Gasteiger partial charge in [-0.1, -0.05) is 13.8 Å². The first-order valence-electron chi connectivity index (χ1n) is 7.87. The van der Waals surface area contributed by atoms with Gasteiger partial charge in [-0.2, -0.15) is 0 Å². The summed E-state index contributed by atoms with van der Waals surface area (Å²) in [5, 5.41) is 2.74. The van der Waals surface area contributed by atoms with Crippen molar-refractivity contribution in [2.75, 3.05) is 20.8 Å². The maximum atomic E-state index is 12.1. The Kier molecular flexibility index (Phi) is 7.85. The SMILES string of the molecule is CCC(CC)NC(=O)COC(=O)c1ccc(OC)c(S(=O)(=O)NC)c1. The monoisotopic (exact) mass is 372 g/mol. The van der Waals surface area contributed by atoms with Gasteiger partial charge in [0.1, 0.15) is 10.6 Å². The Hall–Kier alpha value is -2.13. The molecule has 0 aliphatic carbocycles. The molecule has 0 atom stereocenters. The van der Waals surface area contributed by atoms with Gasteiger partial charge in [0.05, 0.1) is 12.7 Å². The molecule has 0 unspecified atom stereocenters. The maximum Gasteiger partial charge on any atom is 0.338 e. The van der Waals surface area contributed by atoms with E-state index in [4.69, 9.17) is 9.47 Å². The molecule has 1 amide bonds. The number of hydrogen-bond donors (Lipinski definition) is 2. The quantitative estimate of drug-likeness (QED) is 0.627. The smallest absolute Gasteiger partial charge is 0.338 e. The molecule has 9 heteroatoms. The summed E-state index contributed by atoms with van der Waals surface area (Å²) >= 11 is 0. The molecule has 0 saturated carbocycles. The number of carbonyl (C=O) groups excluding carboxylic acids is 2. The van der Waals surface area contributed by atoms with E-state index in [-0.39, 0.29) is 22.3 Å².